The SMILES string of the molecule is CC(C)CCOc1cccc(C2c3c(oc4ccc(F)cc4c3=O)C(=O)N2c2cccc(Br)c2)c1. The zero-order valence-electron chi connectivity index (χ0n) is 19.3. The van der Waals surface area contributed by atoms with Crippen molar-refractivity contribution >= 4 is 38.5 Å². The first-order chi connectivity index (χ1) is 16.8. The van der Waals surface area contributed by atoms with Gasteiger partial charge >= 0.3 is 0 Å². The Labute approximate surface area is 210 Å². The maximum Gasteiger partial charge on any atom is 0.295 e. The fraction of sp³-hybridized carbons (Fsp3) is 0.214. The van der Waals surface area contributed by atoms with Crippen LogP contribution in [-0.4, -0.2) is 12.5 Å². The molecule has 0 N–H and O–H groups in total. The first-order valence-electron chi connectivity index (χ1n) is 11.4. The fourth-order valence-electron chi connectivity index (χ4n) is 4.34. The summed E-state index contributed by atoms with van der Waals surface area (Å²) in [6.07, 6.45) is 0.903. The van der Waals surface area contributed by atoms with Gasteiger partial charge < -0.3 is 9.15 Å². The van der Waals surface area contributed by atoms with Crippen molar-refractivity contribution in [1.82, 2.24) is 0 Å². The van der Waals surface area contributed by atoms with Crippen molar-refractivity contribution in [3.05, 3.63) is 104 Å². The Hall–Kier alpha value is -3.45. The zero-order valence-corrected chi connectivity index (χ0v) is 20.8. The lowest BCUT2D eigenvalue weighted by molar-refractivity contribution is 0.0971. The molecule has 3 aromatic carbocycles. The number of ether oxygens (including phenoxy) is 1. The number of halogens is 2. The van der Waals surface area contributed by atoms with Gasteiger partial charge in [0.1, 0.15) is 17.1 Å². The molecular formula is C28H23BrFNO4. The number of amides is 1. The Kier molecular flexibility index (Phi) is 6.19. The van der Waals surface area contributed by atoms with Crippen LogP contribution in [0.4, 0.5) is 10.1 Å². The number of hydrogen-bond acceptors (Lipinski definition) is 4. The van der Waals surface area contributed by atoms with Crippen molar-refractivity contribution in [2.24, 2.45) is 5.92 Å². The first kappa shape index (κ1) is 23.3. The highest BCUT2D eigenvalue weighted by molar-refractivity contribution is 9.10. The molecule has 0 saturated carbocycles. The second kappa shape index (κ2) is 9.30. The van der Waals surface area contributed by atoms with E-state index in [4.69, 9.17) is 9.15 Å². The topological polar surface area (TPSA) is 59.8 Å². The van der Waals surface area contributed by atoms with Crippen LogP contribution in [0.2, 0.25) is 0 Å². The molecule has 0 fully saturated rings. The smallest absolute Gasteiger partial charge is 0.295 e. The third kappa shape index (κ3) is 4.36. The largest absolute Gasteiger partial charge is 0.494 e. The Morgan fingerprint density at radius 2 is 1.86 bits per heavy atom. The van der Waals surface area contributed by atoms with Crippen LogP contribution < -0.4 is 15.1 Å². The van der Waals surface area contributed by atoms with Crippen molar-refractivity contribution in [1.29, 1.82) is 0 Å². The predicted molar refractivity (Wildman–Crippen MR) is 137 cm³/mol. The highest BCUT2D eigenvalue weighted by Crippen LogP contribution is 2.42. The molecule has 7 heteroatoms. The van der Waals surface area contributed by atoms with Gasteiger partial charge in [0, 0.05) is 10.2 Å². The Morgan fingerprint density at radius 1 is 1.06 bits per heavy atom. The van der Waals surface area contributed by atoms with Gasteiger partial charge in [-0.15, -0.1) is 0 Å². The minimum absolute atomic E-state index is 0.0368. The van der Waals surface area contributed by atoms with Crippen LogP contribution >= 0.6 is 15.9 Å². The van der Waals surface area contributed by atoms with Crippen molar-refractivity contribution in [2.45, 2.75) is 26.3 Å². The number of nitrogens with zero attached hydrogens (tertiary/aromatic N) is 1. The van der Waals surface area contributed by atoms with Gasteiger partial charge in [-0.3, -0.25) is 14.5 Å². The van der Waals surface area contributed by atoms with Gasteiger partial charge in [0.15, 0.2) is 5.43 Å². The molecule has 0 aliphatic carbocycles. The van der Waals surface area contributed by atoms with Crippen LogP contribution in [0.5, 0.6) is 5.75 Å². The molecule has 1 aliphatic rings. The molecule has 1 amide bonds. The predicted octanol–water partition coefficient (Wildman–Crippen LogP) is 6.87. The molecule has 0 bridgehead atoms. The van der Waals surface area contributed by atoms with E-state index >= 15 is 0 Å². The minimum atomic E-state index is -0.760. The van der Waals surface area contributed by atoms with E-state index in [9.17, 15) is 14.0 Å². The molecule has 2 heterocycles. The van der Waals surface area contributed by atoms with Gasteiger partial charge in [0.05, 0.1) is 23.6 Å². The lowest BCUT2D eigenvalue weighted by Crippen LogP contribution is -2.29. The molecule has 178 valence electrons. The second-order valence-corrected chi connectivity index (χ2v) is 9.89. The summed E-state index contributed by atoms with van der Waals surface area (Å²) in [6.45, 7) is 4.81. The van der Waals surface area contributed by atoms with E-state index in [1.807, 2.05) is 42.5 Å². The van der Waals surface area contributed by atoms with E-state index in [0.717, 1.165) is 17.0 Å². The molecule has 1 aromatic heterocycles. The van der Waals surface area contributed by atoms with Crippen LogP contribution in [0.3, 0.4) is 0 Å². The fourth-order valence-corrected chi connectivity index (χ4v) is 4.73. The van der Waals surface area contributed by atoms with E-state index < -0.39 is 23.2 Å². The molecule has 0 saturated heterocycles. The number of benzene rings is 3. The van der Waals surface area contributed by atoms with Crippen molar-refractivity contribution in [2.75, 3.05) is 11.5 Å². The van der Waals surface area contributed by atoms with Gasteiger partial charge in [0.2, 0.25) is 5.76 Å². The summed E-state index contributed by atoms with van der Waals surface area (Å²) in [5.41, 5.74) is 1.22. The monoisotopic (exact) mass is 535 g/mol. The lowest BCUT2D eigenvalue weighted by Gasteiger charge is -2.25. The van der Waals surface area contributed by atoms with E-state index in [1.54, 1.807) is 11.0 Å². The highest BCUT2D eigenvalue weighted by Gasteiger charge is 2.43. The molecule has 0 radical (unpaired) electrons. The van der Waals surface area contributed by atoms with Crippen molar-refractivity contribution in [3.63, 3.8) is 0 Å². The van der Waals surface area contributed by atoms with Crippen LogP contribution in [0.15, 0.2) is 80.4 Å². The summed E-state index contributed by atoms with van der Waals surface area (Å²) < 4.78 is 26.6. The summed E-state index contributed by atoms with van der Waals surface area (Å²) in [7, 11) is 0. The quantitative estimate of drug-likeness (QED) is 0.270. The van der Waals surface area contributed by atoms with Crippen LogP contribution in [-0.2, 0) is 0 Å². The maximum atomic E-state index is 14.0. The number of carbonyl (C=O) groups is 1. The average Bonchev–Trinajstić information content (AvgIpc) is 3.12. The van der Waals surface area contributed by atoms with E-state index in [-0.39, 0.29) is 22.3 Å². The average molecular weight is 536 g/mol. The first-order valence-corrected chi connectivity index (χ1v) is 12.2. The summed E-state index contributed by atoms with van der Waals surface area (Å²) in [4.78, 5) is 28.8. The van der Waals surface area contributed by atoms with Gasteiger partial charge in [-0.1, -0.05) is 48.0 Å². The molecule has 4 aromatic rings. The zero-order chi connectivity index (χ0) is 24.7. The number of rotatable bonds is 6. The van der Waals surface area contributed by atoms with Gasteiger partial charge in [0.25, 0.3) is 5.91 Å². The molecular weight excluding hydrogens is 513 g/mol. The Morgan fingerprint density at radius 3 is 2.63 bits per heavy atom. The van der Waals surface area contributed by atoms with E-state index in [1.165, 1.54) is 12.1 Å². The summed E-state index contributed by atoms with van der Waals surface area (Å²) >= 11 is 3.47. The van der Waals surface area contributed by atoms with Crippen LogP contribution in [0, 0.1) is 11.7 Å². The summed E-state index contributed by atoms with van der Waals surface area (Å²) in [6, 6.07) is 17.6. The molecule has 5 rings (SSSR count). The lowest BCUT2D eigenvalue weighted by atomic mass is 9.98. The van der Waals surface area contributed by atoms with Crippen molar-refractivity contribution in [3.8, 4) is 5.75 Å². The summed E-state index contributed by atoms with van der Waals surface area (Å²) in [5.74, 6) is 0.134. The van der Waals surface area contributed by atoms with Gasteiger partial charge in [-0.05, 0) is 66.4 Å². The number of hydrogen-bond donors (Lipinski definition) is 0. The highest BCUT2D eigenvalue weighted by atomic mass is 79.9. The van der Waals surface area contributed by atoms with Gasteiger partial charge in [-0.2, -0.15) is 0 Å². The molecule has 1 aliphatic heterocycles. The normalized spacial score (nSPS) is 15.2. The minimum Gasteiger partial charge on any atom is -0.494 e. The van der Waals surface area contributed by atoms with E-state index in [0.29, 0.717) is 29.5 Å². The van der Waals surface area contributed by atoms with Crippen LogP contribution in [0.25, 0.3) is 11.0 Å². The van der Waals surface area contributed by atoms with E-state index in [2.05, 4.69) is 29.8 Å². The molecule has 1 atom stereocenters. The summed E-state index contributed by atoms with van der Waals surface area (Å²) in [5, 5.41) is 0.0991. The van der Waals surface area contributed by atoms with Crippen molar-refractivity contribution < 1.29 is 18.3 Å². The van der Waals surface area contributed by atoms with Crippen LogP contribution in [0.1, 0.15) is 48.0 Å². The van der Waals surface area contributed by atoms with Gasteiger partial charge in [-0.25, -0.2) is 4.39 Å². The Balaban J connectivity index is 1.69. The molecule has 35 heavy (non-hydrogen) atoms. The molecule has 5 nitrogen and oxygen atoms in total. The maximum absolute atomic E-state index is 14.0. The third-order valence-corrected chi connectivity index (χ3v) is 6.55. The Bertz CT molecular complexity index is 1500. The standard InChI is InChI=1S/C28H23BrFNO4/c1-16(2)11-12-34-21-8-3-5-17(13-21)25-24-26(32)22-15-19(30)9-10-23(22)35-27(24)28(33)31(25)20-7-4-6-18(29)14-20/h3-10,13-16,25H,11-12H2,1-2H3. The molecule has 0 spiro atoms. The third-order valence-electron chi connectivity index (χ3n) is 6.06. The molecule has 1 unspecified atom stereocenters. The number of anilines is 1. The second-order valence-electron chi connectivity index (χ2n) is 8.98. The number of fused-ring (bicyclic) bond motifs is 2. The number of carbonyl (C=O) groups excluding carboxylic acids is 1.